The molecule has 5 aromatic rings. The summed E-state index contributed by atoms with van der Waals surface area (Å²) in [5, 5.41) is 12.2. The molecule has 0 aliphatic rings. The van der Waals surface area contributed by atoms with Crippen LogP contribution in [-0.4, -0.2) is 29.3 Å². The zero-order valence-corrected chi connectivity index (χ0v) is 24.8. The van der Waals surface area contributed by atoms with Crippen molar-refractivity contribution in [1.82, 2.24) is 0 Å². The summed E-state index contributed by atoms with van der Waals surface area (Å²) in [4.78, 5) is 13.9. The summed E-state index contributed by atoms with van der Waals surface area (Å²) in [5.41, 5.74) is 0.222. The van der Waals surface area contributed by atoms with Crippen LogP contribution in [0.25, 0.3) is 0 Å². The van der Waals surface area contributed by atoms with Crippen molar-refractivity contribution in [1.29, 1.82) is 0 Å². The fourth-order valence-electron chi connectivity index (χ4n) is 5.63. The third-order valence-electron chi connectivity index (χ3n) is 7.48. The Morgan fingerprint density at radius 2 is 0.949 bits per heavy atom. The Morgan fingerprint density at radius 1 is 0.590 bits per heavy atom. The molecule has 5 rings (SSSR count). The van der Waals surface area contributed by atoms with Gasteiger partial charge in [0, 0.05) is 0 Å². The van der Waals surface area contributed by atoms with Gasteiger partial charge < -0.3 is 0 Å². The second-order valence-corrected chi connectivity index (χ2v) is 21.1. The molecule has 0 bridgehead atoms. The van der Waals surface area contributed by atoms with Gasteiger partial charge in [-0.3, -0.25) is 0 Å². The molecule has 5 aromatic carbocycles. The van der Waals surface area contributed by atoms with Crippen LogP contribution in [0.3, 0.4) is 0 Å². The Morgan fingerprint density at radius 3 is 1.36 bits per heavy atom. The molecule has 1 unspecified atom stereocenters. The molecule has 0 radical (unpaired) electrons. The number of carbonyl (C=O) groups excluding carboxylic acids is 1. The van der Waals surface area contributed by atoms with Gasteiger partial charge in [-0.1, -0.05) is 0 Å². The number of benzene rings is 5. The van der Waals surface area contributed by atoms with Crippen LogP contribution in [0, 0.1) is 0 Å². The van der Waals surface area contributed by atoms with Crippen LogP contribution in [0.4, 0.5) is 0 Å². The van der Waals surface area contributed by atoms with Crippen molar-refractivity contribution < 1.29 is 9.90 Å². The fraction of sp³-hybridized carbons (Fsp3) is 0.0833. The third kappa shape index (κ3) is 5.54. The van der Waals surface area contributed by atoms with Crippen LogP contribution in [0.2, 0.25) is 4.44 Å². The Hall–Kier alpha value is -3.73. The molecule has 0 aliphatic carbocycles. The topological polar surface area (TPSA) is 37.3 Å². The first-order valence-electron chi connectivity index (χ1n) is 13.2. The second kappa shape index (κ2) is 12.0. The summed E-state index contributed by atoms with van der Waals surface area (Å²) in [6.45, 7) is 4.54. The van der Waals surface area contributed by atoms with Gasteiger partial charge in [0.05, 0.1) is 0 Å². The minimum absolute atomic E-state index is 0.149. The number of aliphatic hydroxyl groups is 1. The summed E-state index contributed by atoms with van der Waals surface area (Å²) in [5.74, 6) is -0.310. The van der Waals surface area contributed by atoms with Gasteiger partial charge in [0.1, 0.15) is 0 Å². The van der Waals surface area contributed by atoms with Crippen LogP contribution >= 0.6 is 0 Å². The number of hydrogen-bond acceptors (Lipinski definition) is 2. The van der Waals surface area contributed by atoms with Crippen LogP contribution in [-0.2, 0) is 5.60 Å². The quantitative estimate of drug-likeness (QED) is 0.121. The maximum absolute atomic E-state index is 13.9. The van der Waals surface area contributed by atoms with Gasteiger partial charge in [-0.2, -0.15) is 0 Å². The molecule has 0 saturated carbocycles. The Labute approximate surface area is 235 Å². The van der Waals surface area contributed by atoms with Gasteiger partial charge in [-0.15, -0.1) is 0 Å². The molecular formula is C36H32O2Sn. The van der Waals surface area contributed by atoms with E-state index in [-0.39, 0.29) is 12.2 Å². The van der Waals surface area contributed by atoms with E-state index in [1.54, 1.807) is 12.1 Å². The predicted molar refractivity (Wildman–Crippen MR) is 164 cm³/mol. The molecule has 2 nitrogen and oxygen atoms in total. The van der Waals surface area contributed by atoms with Crippen LogP contribution < -0.4 is 10.7 Å². The number of hydrogen-bond donors (Lipinski definition) is 1. The number of rotatable bonds is 10. The van der Waals surface area contributed by atoms with Gasteiger partial charge >= 0.3 is 236 Å². The average molecular weight is 615 g/mol. The van der Waals surface area contributed by atoms with E-state index < -0.39 is 24.0 Å². The van der Waals surface area contributed by atoms with Gasteiger partial charge in [0.25, 0.3) is 0 Å². The summed E-state index contributed by atoms with van der Waals surface area (Å²) in [6, 6.07) is 50.6. The molecule has 3 heteroatoms. The van der Waals surface area contributed by atoms with Crippen molar-refractivity contribution in [3.05, 3.63) is 175 Å². The summed E-state index contributed by atoms with van der Waals surface area (Å²) >= 11 is -3.68. The first-order chi connectivity index (χ1) is 19.0. The van der Waals surface area contributed by atoms with Crippen LogP contribution in [0.5, 0.6) is 0 Å². The average Bonchev–Trinajstić information content (AvgIpc) is 3.01. The van der Waals surface area contributed by atoms with Gasteiger partial charge in [0.15, 0.2) is 0 Å². The molecule has 0 amide bonds. The zero-order chi connectivity index (χ0) is 27.1. The van der Waals surface area contributed by atoms with Gasteiger partial charge in [0.2, 0.25) is 0 Å². The van der Waals surface area contributed by atoms with Crippen molar-refractivity contribution in [2.45, 2.75) is 16.5 Å². The maximum atomic E-state index is 13.9. The molecule has 0 aliphatic heterocycles. The molecule has 0 saturated heterocycles. The van der Waals surface area contributed by atoms with Crippen molar-refractivity contribution in [2.24, 2.45) is 0 Å². The molecule has 0 heterocycles. The standard InChI is InChI=1S/C18H17O2.3C6H5.Sn/c1-14(2)13-18(20,16-11-7-4-8-12-16)17(19)15-9-5-3-6-10-15;3*1-2-4-6-5-3-1;/h3-12,20H,1-2,13H2;3*1-5H;. The Balaban J connectivity index is 1.62. The normalized spacial score (nSPS) is 12.8. The second-order valence-electron chi connectivity index (χ2n) is 10.0. The SMILES string of the molecule is C=C(CC(O)(C(=O)c1ccccc1)c1ccccc1)[CH2][Sn]([c]1ccccc1)([c]1ccccc1)[c]1ccccc1. The van der Waals surface area contributed by atoms with E-state index in [0.29, 0.717) is 11.1 Å². The van der Waals surface area contributed by atoms with E-state index >= 15 is 0 Å². The first-order valence-corrected chi connectivity index (χ1v) is 19.5. The van der Waals surface area contributed by atoms with E-state index in [1.165, 1.54) is 10.7 Å². The van der Waals surface area contributed by atoms with Crippen molar-refractivity contribution in [3.63, 3.8) is 0 Å². The zero-order valence-electron chi connectivity index (χ0n) is 21.9. The first kappa shape index (κ1) is 26.9. The molecule has 192 valence electrons. The predicted octanol–water partition coefficient (Wildman–Crippen LogP) is 5.87. The molecule has 0 fully saturated rings. The minimum atomic E-state index is -3.68. The molecule has 39 heavy (non-hydrogen) atoms. The summed E-state index contributed by atoms with van der Waals surface area (Å²) < 4.78 is 4.73. The molecule has 1 N–H and O–H groups in total. The fourth-order valence-corrected chi connectivity index (χ4v) is 19.2. The van der Waals surface area contributed by atoms with Gasteiger partial charge in [-0.05, 0) is 0 Å². The van der Waals surface area contributed by atoms with Gasteiger partial charge in [-0.25, -0.2) is 0 Å². The van der Waals surface area contributed by atoms with E-state index in [0.717, 1.165) is 10.0 Å². The van der Waals surface area contributed by atoms with E-state index in [2.05, 4.69) is 97.6 Å². The van der Waals surface area contributed by atoms with E-state index in [1.807, 2.05) is 48.5 Å². The van der Waals surface area contributed by atoms with E-state index in [4.69, 9.17) is 0 Å². The molecule has 1 atom stereocenters. The van der Waals surface area contributed by atoms with Crippen molar-refractivity contribution in [2.75, 3.05) is 0 Å². The molecule has 0 spiro atoms. The van der Waals surface area contributed by atoms with Crippen molar-refractivity contribution >= 4 is 34.9 Å². The van der Waals surface area contributed by atoms with Crippen LogP contribution in [0.15, 0.2) is 164 Å². The number of ketones is 1. The number of carbonyl (C=O) groups is 1. The Kier molecular flexibility index (Phi) is 8.25. The summed E-state index contributed by atoms with van der Waals surface area (Å²) in [6.07, 6.45) is 0.149. The monoisotopic (exact) mass is 616 g/mol. The van der Waals surface area contributed by atoms with Crippen molar-refractivity contribution in [3.8, 4) is 0 Å². The van der Waals surface area contributed by atoms with Crippen LogP contribution in [0.1, 0.15) is 22.3 Å². The Bertz CT molecular complexity index is 1420. The summed E-state index contributed by atoms with van der Waals surface area (Å²) in [7, 11) is 0. The molecule has 0 aromatic heterocycles. The molecular weight excluding hydrogens is 583 g/mol. The third-order valence-corrected chi connectivity index (χ3v) is 21.7. The number of Topliss-reactive ketones (excluding diaryl/α,β-unsaturated/α-hetero) is 1. The van der Waals surface area contributed by atoms with E-state index in [9.17, 15) is 9.90 Å².